The monoisotopic (exact) mass is 421 g/mol. The van der Waals surface area contributed by atoms with Gasteiger partial charge in [-0.1, -0.05) is 44.4 Å². The molecule has 0 unspecified atom stereocenters. The Kier molecular flexibility index (Phi) is 8.52. The van der Waals surface area contributed by atoms with Crippen molar-refractivity contribution in [2.24, 2.45) is 0 Å². The molecular formula is C25H31N3O3. The molecule has 0 saturated carbocycles. The predicted molar refractivity (Wildman–Crippen MR) is 124 cm³/mol. The molecule has 3 aromatic rings. The van der Waals surface area contributed by atoms with Gasteiger partial charge in [0, 0.05) is 19.0 Å². The molecule has 1 amide bonds. The van der Waals surface area contributed by atoms with Gasteiger partial charge in [0.2, 0.25) is 5.91 Å². The molecule has 0 atom stereocenters. The van der Waals surface area contributed by atoms with Gasteiger partial charge in [0.15, 0.2) is 11.5 Å². The van der Waals surface area contributed by atoms with Crippen molar-refractivity contribution in [3.05, 3.63) is 59.9 Å². The van der Waals surface area contributed by atoms with E-state index in [2.05, 4.69) is 22.2 Å². The third kappa shape index (κ3) is 6.88. The Morgan fingerprint density at radius 3 is 2.81 bits per heavy atom. The van der Waals surface area contributed by atoms with Crippen LogP contribution < -0.4 is 14.8 Å². The van der Waals surface area contributed by atoms with Crippen molar-refractivity contribution in [1.29, 1.82) is 0 Å². The van der Waals surface area contributed by atoms with E-state index in [0.29, 0.717) is 25.3 Å². The van der Waals surface area contributed by atoms with Crippen molar-refractivity contribution < 1.29 is 14.3 Å². The van der Waals surface area contributed by atoms with Crippen molar-refractivity contribution in [1.82, 2.24) is 15.3 Å². The second-order valence-electron chi connectivity index (χ2n) is 7.39. The first-order chi connectivity index (χ1) is 15.2. The zero-order chi connectivity index (χ0) is 21.9. The van der Waals surface area contributed by atoms with E-state index in [4.69, 9.17) is 9.47 Å². The molecule has 164 valence electrons. The minimum atomic E-state index is -0.147. The van der Waals surface area contributed by atoms with Gasteiger partial charge < -0.3 is 19.8 Å². The van der Waals surface area contributed by atoms with Gasteiger partial charge in [0.1, 0.15) is 5.82 Å². The fourth-order valence-corrected chi connectivity index (χ4v) is 3.28. The topological polar surface area (TPSA) is 76.2 Å². The fraction of sp³-hybridized carbons (Fsp3) is 0.360. The molecule has 2 N–H and O–H groups in total. The molecule has 0 saturated heterocycles. The van der Waals surface area contributed by atoms with Gasteiger partial charge >= 0.3 is 0 Å². The van der Waals surface area contributed by atoms with Gasteiger partial charge in [-0.25, -0.2) is 4.98 Å². The van der Waals surface area contributed by atoms with Crippen LogP contribution in [0.25, 0.3) is 17.1 Å². The van der Waals surface area contributed by atoms with Crippen LogP contribution in [0.15, 0.2) is 48.5 Å². The third-order valence-electron chi connectivity index (χ3n) is 4.97. The van der Waals surface area contributed by atoms with Gasteiger partial charge in [0.25, 0.3) is 0 Å². The maximum Gasteiger partial charge on any atom is 0.244 e. The lowest BCUT2D eigenvalue weighted by molar-refractivity contribution is -0.116. The van der Waals surface area contributed by atoms with E-state index in [-0.39, 0.29) is 5.91 Å². The van der Waals surface area contributed by atoms with Gasteiger partial charge in [-0.15, -0.1) is 0 Å². The molecule has 3 rings (SSSR count). The lowest BCUT2D eigenvalue weighted by Gasteiger charge is -2.11. The summed E-state index contributed by atoms with van der Waals surface area (Å²) in [4.78, 5) is 19.9. The van der Waals surface area contributed by atoms with E-state index in [9.17, 15) is 4.79 Å². The maximum absolute atomic E-state index is 12.1. The number of hydrogen-bond acceptors (Lipinski definition) is 4. The van der Waals surface area contributed by atoms with Crippen LogP contribution in [-0.2, 0) is 11.2 Å². The number of hydrogen-bond donors (Lipinski definition) is 2. The molecule has 0 aliphatic carbocycles. The molecule has 0 bridgehead atoms. The molecule has 0 radical (unpaired) electrons. The number of nitrogens with zero attached hydrogens (tertiary/aromatic N) is 1. The van der Waals surface area contributed by atoms with Gasteiger partial charge in [-0.3, -0.25) is 4.79 Å². The number of aromatic amines is 1. The largest absolute Gasteiger partial charge is 0.493 e. The van der Waals surface area contributed by atoms with Crippen molar-refractivity contribution >= 4 is 23.0 Å². The zero-order valence-electron chi connectivity index (χ0n) is 18.3. The van der Waals surface area contributed by atoms with Crippen molar-refractivity contribution in [2.45, 2.75) is 39.0 Å². The highest BCUT2D eigenvalue weighted by molar-refractivity contribution is 5.91. The number of amides is 1. The van der Waals surface area contributed by atoms with Crippen LogP contribution in [0, 0.1) is 0 Å². The number of methoxy groups -OCH3 is 1. The van der Waals surface area contributed by atoms with Crippen LogP contribution in [0.5, 0.6) is 11.5 Å². The zero-order valence-corrected chi connectivity index (χ0v) is 18.3. The van der Waals surface area contributed by atoms with Crippen molar-refractivity contribution in [2.75, 3.05) is 20.3 Å². The van der Waals surface area contributed by atoms with Crippen LogP contribution >= 0.6 is 0 Å². The van der Waals surface area contributed by atoms with Crippen LogP contribution in [0.1, 0.15) is 44.0 Å². The SMILES string of the molecule is CCCCCCOc1ccc(C=CC(=O)NCCc2nc3ccccc3[nH]2)cc1OC. The number of benzene rings is 2. The summed E-state index contributed by atoms with van der Waals surface area (Å²) in [6.45, 7) is 3.38. The molecule has 0 fully saturated rings. The third-order valence-corrected chi connectivity index (χ3v) is 4.97. The number of fused-ring (bicyclic) bond motifs is 1. The normalized spacial score (nSPS) is 11.2. The molecule has 0 aliphatic rings. The van der Waals surface area contributed by atoms with Crippen LogP contribution in [0.2, 0.25) is 0 Å². The first-order valence-corrected chi connectivity index (χ1v) is 10.9. The van der Waals surface area contributed by atoms with E-state index in [0.717, 1.165) is 34.6 Å². The van der Waals surface area contributed by atoms with Crippen LogP contribution in [0.4, 0.5) is 0 Å². The van der Waals surface area contributed by atoms with E-state index in [1.807, 2.05) is 42.5 Å². The Balaban J connectivity index is 1.46. The van der Waals surface area contributed by atoms with Crippen molar-refractivity contribution in [3.63, 3.8) is 0 Å². The Hall–Kier alpha value is -3.28. The summed E-state index contributed by atoms with van der Waals surface area (Å²) in [5.74, 6) is 2.11. The summed E-state index contributed by atoms with van der Waals surface area (Å²) in [6.07, 6.45) is 8.58. The summed E-state index contributed by atoms with van der Waals surface area (Å²) >= 11 is 0. The maximum atomic E-state index is 12.1. The van der Waals surface area contributed by atoms with E-state index in [1.165, 1.54) is 25.3 Å². The number of H-pyrrole nitrogens is 1. The molecule has 31 heavy (non-hydrogen) atoms. The van der Waals surface area contributed by atoms with Crippen molar-refractivity contribution in [3.8, 4) is 11.5 Å². The molecular weight excluding hydrogens is 390 g/mol. The summed E-state index contributed by atoms with van der Waals surface area (Å²) in [5.41, 5.74) is 2.82. The number of carbonyl (C=O) groups is 1. The Morgan fingerprint density at radius 1 is 1.13 bits per heavy atom. The lowest BCUT2D eigenvalue weighted by Crippen LogP contribution is -2.23. The number of imidazole rings is 1. The quantitative estimate of drug-likeness (QED) is 0.322. The molecule has 1 aromatic heterocycles. The molecule has 6 nitrogen and oxygen atoms in total. The number of nitrogens with one attached hydrogen (secondary N) is 2. The first-order valence-electron chi connectivity index (χ1n) is 10.9. The highest BCUT2D eigenvalue weighted by Gasteiger charge is 2.06. The molecule has 0 aliphatic heterocycles. The second kappa shape index (κ2) is 11.8. The lowest BCUT2D eigenvalue weighted by atomic mass is 10.2. The average molecular weight is 422 g/mol. The van der Waals surface area contributed by atoms with Crippen LogP contribution in [0.3, 0.4) is 0 Å². The number of unbranched alkanes of at least 4 members (excludes halogenated alkanes) is 3. The highest BCUT2D eigenvalue weighted by atomic mass is 16.5. The fourth-order valence-electron chi connectivity index (χ4n) is 3.28. The number of ether oxygens (including phenoxy) is 2. The number of para-hydroxylation sites is 2. The van der Waals surface area contributed by atoms with Gasteiger partial charge in [0.05, 0.1) is 24.8 Å². The minimum Gasteiger partial charge on any atom is -0.493 e. The number of aromatic nitrogens is 2. The first kappa shape index (κ1) is 22.4. The summed E-state index contributed by atoms with van der Waals surface area (Å²) in [5, 5.41) is 2.89. The van der Waals surface area contributed by atoms with E-state index >= 15 is 0 Å². The van der Waals surface area contributed by atoms with E-state index in [1.54, 1.807) is 13.2 Å². The Labute approximate surface area is 183 Å². The molecule has 0 spiro atoms. The number of rotatable bonds is 12. The summed E-state index contributed by atoms with van der Waals surface area (Å²) in [6, 6.07) is 13.6. The summed E-state index contributed by atoms with van der Waals surface area (Å²) in [7, 11) is 1.62. The summed E-state index contributed by atoms with van der Waals surface area (Å²) < 4.78 is 11.3. The smallest absolute Gasteiger partial charge is 0.244 e. The predicted octanol–water partition coefficient (Wildman–Crippen LogP) is 4.90. The molecule has 2 aromatic carbocycles. The highest BCUT2D eigenvalue weighted by Crippen LogP contribution is 2.28. The molecule has 1 heterocycles. The molecule has 6 heteroatoms. The Morgan fingerprint density at radius 2 is 2.00 bits per heavy atom. The standard InChI is InChI=1S/C25H31N3O3/c1-3-4-5-8-17-31-22-13-11-19(18-23(22)30-2)12-14-25(29)26-16-15-24-27-20-9-6-7-10-21(20)28-24/h6-7,9-14,18H,3-5,8,15-17H2,1-2H3,(H,26,29)(H,27,28). The van der Waals surface area contributed by atoms with E-state index < -0.39 is 0 Å². The number of carbonyl (C=O) groups excluding carboxylic acids is 1. The van der Waals surface area contributed by atoms with Gasteiger partial charge in [-0.05, 0) is 42.3 Å². The van der Waals surface area contributed by atoms with Crippen LogP contribution in [-0.4, -0.2) is 36.1 Å². The minimum absolute atomic E-state index is 0.147. The van der Waals surface area contributed by atoms with Gasteiger partial charge in [-0.2, -0.15) is 0 Å². The average Bonchev–Trinajstić information content (AvgIpc) is 3.20. The second-order valence-corrected chi connectivity index (χ2v) is 7.39. The Bertz CT molecular complexity index is 977.